The van der Waals surface area contributed by atoms with Crippen LogP contribution in [0.15, 0.2) is 54.7 Å². The Labute approximate surface area is 143 Å². The Hall–Kier alpha value is -2.20. The molecule has 4 nitrogen and oxygen atoms in total. The summed E-state index contributed by atoms with van der Waals surface area (Å²) >= 11 is 0. The molecule has 126 valence electrons. The summed E-state index contributed by atoms with van der Waals surface area (Å²) in [7, 11) is 0. The van der Waals surface area contributed by atoms with Gasteiger partial charge in [-0.1, -0.05) is 36.4 Å². The van der Waals surface area contributed by atoms with Crippen LogP contribution in [0.2, 0.25) is 0 Å². The Morgan fingerprint density at radius 2 is 2.00 bits per heavy atom. The summed E-state index contributed by atoms with van der Waals surface area (Å²) in [5.41, 5.74) is 2.17. The van der Waals surface area contributed by atoms with Gasteiger partial charge in [0.2, 0.25) is 5.91 Å². The maximum Gasteiger partial charge on any atom is 0.223 e. The maximum absolute atomic E-state index is 12.5. The van der Waals surface area contributed by atoms with E-state index in [0.29, 0.717) is 19.6 Å². The second kappa shape index (κ2) is 8.60. The molecule has 1 saturated heterocycles. The molecule has 0 spiro atoms. The van der Waals surface area contributed by atoms with E-state index in [1.807, 2.05) is 53.4 Å². The number of hydrogen-bond donors (Lipinski definition) is 0. The van der Waals surface area contributed by atoms with Crippen molar-refractivity contribution in [2.24, 2.45) is 0 Å². The number of pyridine rings is 1. The lowest BCUT2D eigenvalue weighted by molar-refractivity contribution is -0.132. The predicted octanol–water partition coefficient (Wildman–Crippen LogP) is 3.74. The van der Waals surface area contributed by atoms with E-state index in [-0.39, 0.29) is 11.9 Å². The molecule has 0 aliphatic carbocycles. The third-order valence-corrected chi connectivity index (χ3v) is 4.39. The van der Waals surface area contributed by atoms with E-state index in [2.05, 4.69) is 4.98 Å². The monoisotopic (exact) mass is 324 g/mol. The van der Waals surface area contributed by atoms with Crippen molar-refractivity contribution in [1.82, 2.24) is 9.88 Å². The third kappa shape index (κ3) is 4.42. The minimum atomic E-state index is 0.143. The summed E-state index contributed by atoms with van der Waals surface area (Å²) < 4.78 is 5.66. The van der Waals surface area contributed by atoms with Crippen molar-refractivity contribution >= 4 is 5.91 Å². The first-order valence-corrected chi connectivity index (χ1v) is 8.66. The van der Waals surface area contributed by atoms with Gasteiger partial charge in [0.15, 0.2) is 0 Å². The van der Waals surface area contributed by atoms with Crippen LogP contribution in [0.3, 0.4) is 0 Å². The summed E-state index contributed by atoms with van der Waals surface area (Å²) in [5, 5.41) is 0. The molecule has 1 aliphatic heterocycles. The number of benzene rings is 1. The fraction of sp³-hybridized carbons (Fsp3) is 0.400. The first-order chi connectivity index (χ1) is 11.8. The summed E-state index contributed by atoms with van der Waals surface area (Å²) in [4.78, 5) is 18.9. The number of nitrogens with zero attached hydrogens (tertiary/aromatic N) is 2. The first-order valence-electron chi connectivity index (χ1n) is 8.66. The number of ether oxygens (including phenoxy) is 1. The van der Waals surface area contributed by atoms with Crippen LogP contribution in [0, 0.1) is 0 Å². The molecule has 1 unspecified atom stereocenters. The number of carbonyl (C=O) groups is 1. The number of amides is 1. The molecule has 1 aliphatic rings. The number of aromatic nitrogens is 1. The van der Waals surface area contributed by atoms with Crippen molar-refractivity contribution in [1.29, 1.82) is 0 Å². The van der Waals surface area contributed by atoms with E-state index in [4.69, 9.17) is 4.74 Å². The van der Waals surface area contributed by atoms with Gasteiger partial charge in [0.05, 0.1) is 18.3 Å². The Kier molecular flexibility index (Phi) is 5.96. The topological polar surface area (TPSA) is 42.4 Å². The smallest absolute Gasteiger partial charge is 0.223 e. The van der Waals surface area contributed by atoms with Crippen LogP contribution >= 0.6 is 0 Å². The minimum absolute atomic E-state index is 0.143. The quantitative estimate of drug-likeness (QED) is 0.729. The van der Waals surface area contributed by atoms with Crippen molar-refractivity contribution in [2.45, 2.75) is 38.3 Å². The van der Waals surface area contributed by atoms with E-state index in [1.165, 1.54) is 5.56 Å². The van der Waals surface area contributed by atoms with Crippen molar-refractivity contribution in [3.63, 3.8) is 0 Å². The van der Waals surface area contributed by atoms with Gasteiger partial charge in [0, 0.05) is 25.8 Å². The lowest BCUT2D eigenvalue weighted by Crippen LogP contribution is -2.30. The van der Waals surface area contributed by atoms with Gasteiger partial charge < -0.3 is 9.64 Å². The van der Waals surface area contributed by atoms with Gasteiger partial charge in [-0.15, -0.1) is 0 Å². The van der Waals surface area contributed by atoms with Crippen LogP contribution in [-0.4, -0.2) is 28.9 Å². The van der Waals surface area contributed by atoms with Crippen LogP contribution in [0.5, 0.6) is 0 Å². The molecular weight excluding hydrogens is 300 g/mol. The Morgan fingerprint density at radius 1 is 1.17 bits per heavy atom. The molecule has 4 heteroatoms. The van der Waals surface area contributed by atoms with Gasteiger partial charge in [0.25, 0.3) is 0 Å². The summed E-state index contributed by atoms with van der Waals surface area (Å²) in [6.07, 6.45) is 5.16. The lowest BCUT2D eigenvalue weighted by atomic mass is 10.1. The molecule has 2 aromatic rings. The predicted molar refractivity (Wildman–Crippen MR) is 93.3 cm³/mol. The average molecular weight is 324 g/mol. The molecule has 3 rings (SSSR count). The SMILES string of the molecule is O=C(CCCOCc1ccccc1)N1CCCC1c1ccccn1. The maximum atomic E-state index is 12.5. The van der Waals surface area contributed by atoms with Gasteiger partial charge in [-0.2, -0.15) is 0 Å². The molecule has 2 heterocycles. The highest BCUT2D eigenvalue weighted by Gasteiger charge is 2.30. The van der Waals surface area contributed by atoms with Crippen LogP contribution in [0.25, 0.3) is 0 Å². The highest BCUT2D eigenvalue weighted by molar-refractivity contribution is 5.77. The molecule has 0 saturated carbocycles. The minimum Gasteiger partial charge on any atom is -0.377 e. The molecule has 1 atom stereocenters. The highest BCUT2D eigenvalue weighted by Crippen LogP contribution is 2.31. The van der Waals surface area contributed by atoms with Gasteiger partial charge in [-0.05, 0) is 37.0 Å². The highest BCUT2D eigenvalue weighted by atomic mass is 16.5. The summed E-state index contributed by atoms with van der Waals surface area (Å²) in [6, 6.07) is 16.2. The molecule has 1 aromatic heterocycles. The zero-order chi connectivity index (χ0) is 16.6. The Bertz CT molecular complexity index is 631. The second-order valence-corrected chi connectivity index (χ2v) is 6.14. The standard InChI is InChI=1S/C20H24N2O2/c23-20(12-7-15-24-16-17-8-2-1-3-9-17)22-14-6-11-19(22)18-10-4-5-13-21-18/h1-5,8-10,13,19H,6-7,11-12,14-16H2. The zero-order valence-electron chi connectivity index (χ0n) is 13.9. The van der Waals surface area contributed by atoms with E-state index < -0.39 is 0 Å². The van der Waals surface area contributed by atoms with E-state index in [1.54, 1.807) is 6.20 Å². The largest absolute Gasteiger partial charge is 0.377 e. The van der Waals surface area contributed by atoms with Gasteiger partial charge >= 0.3 is 0 Å². The summed E-state index contributed by atoms with van der Waals surface area (Å²) in [5.74, 6) is 0.214. The number of hydrogen-bond acceptors (Lipinski definition) is 3. The Balaban J connectivity index is 1.41. The van der Waals surface area contributed by atoms with E-state index >= 15 is 0 Å². The van der Waals surface area contributed by atoms with Crippen molar-refractivity contribution < 1.29 is 9.53 Å². The molecule has 0 N–H and O–H groups in total. The van der Waals surface area contributed by atoms with Crippen LogP contribution in [0.4, 0.5) is 0 Å². The molecular formula is C20H24N2O2. The molecule has 0 bridgehead atoms. The van der Waals surface area contributed by atoms with E-state index in [9.17, 15) is 4.79 Å². The first kappa shape index (κ1) is 16.7. The molecule has 1 aromatic carbocycles. The fourth-order valence-electron chi connectivity index (χ4n) is 3.18. The van der Waals surface area contributed by atoms with Gasteiger partial charge in [-0.3, -0.25) is 9.78 Å². The van der Waals surface area contributed by atoms with Crippen molar-refractivity contribution in [3.05, 3.63) is 66.0 Å². The second-order valence-electron chi connectivity index (χ2n) is 6.14. The number of carbonyl (C=O) groups excluding carboxylic acids is 1. The van der Waals surface area contributed by atoms with Gasteiger partial charge in [-0.25, -0.2) is 0 Å². The van der Waals surface area contributed by atoms with Crippen LogP contribution < -0.4 is 0 Å². The fourth-order valence-corrected chi connectivity index (χ4v) is 3.18. The van der Waals surface area contributed by atoms with Crippen molar-refractivity contribution in [2.75, 3.05) is 13.2 Å². The van der Waals surface area contributed by atoms with E-state index in [0.717, 1.165) is 31.5 Å². The number of likely N-dealkylation sites (tertiary alicyclic amines) is 1. The Morgan fingerprint density at radius 3 is 2.79 bits per heavy atom. The summed E-state index contributed by atoms with van der Waals surface area (Å²) in [6.45, 7) is 2.06. The lowest BCUT2D eigenvalue weighted by Gasteiger charge is -2.24. The molecule has 1 fully saturated rings. The van der Waals surface area contributed by atoms with Crippen molar-refractivity contribution in [3.8, 4) is 0 Å². The third-order valence-electron chi connectivity index (χ3n) is 4.39. The molecule has 0 radical (unpaired) electrons. The normalized spacial score (nSPS) is 17.2. The van der Waals surface area contributed by atoms with Crippen LogP contribution in [-0.2, 0) is 16.1 Å². The van der Waals surface area contributed by atoms with Gasteiger partial charge in [0.1, 0.15) is 0 Å². The average Bonchev–Trinajstić information content (AvgIpc) is 3.13. The molecule has 1 amide bonds. The zero-order valence-corrected chi connectivity index (χ0v) is 13.9. The van der Waals surface area contributed by atoms with Crippen LogP contribution in [0.1, 0.15) is 43.0 Å². The molecule has 24 heavy (non-hydrogen) atoms. The number of rotatable bonds is 7.